The summed E-state index contributed by atoms with van der Waals surface area (Å²) in [5.74, 6) is 2.53. The summed E-state index contributed by atoms with van der Waals surface area (Å²) in [6.07, 6.45) is 11.1. The molecule has 0 saturated heterocycles. The normalized spacial score (nSPS) is 41.7. The van der Waals surface area contributed by atoms with Crippen LogP contribution in [-0.2, 0) is 4.79 Å². The fourth-order valence-electron chi connectivity index (χ4n) is 3.18. The van der Waals surface area contributed by atoms with Crippen LogP contribution in [0.4, 0.5) is 0 Å². The smallest absolute Gasteiger partial charge is 0.158 e. The second kappa shape index (κ2) is 2.57. The number of rotatable bonds is 0. The third-order valence-corrected chi connectivity index (χ3v) is 3.85. The average molecular weight is 174 g/mol. The van der Waals surface area contributed by atoms with Gasteiger partial charge in [-0.25, -0.2) is 0 Å². The van der Waals surface area contributed by atoms with Gasteiger partial charge >= 0.3 is 0 Å². The molecule has 0 aromatic rings. The van der Waals surface area contributed by atoms with Crippen molar-refractivity contribution in [1.82, 2.24) is 0 Å². The van der Waals surface area contributed by atoms with Gasteiger partial charge in [0.1, 0.15) is 0 Å². The summed E-state index contributed by atoms with van der Waals surface area (Å²) in [5.41, 5.74) is 1.16. The average Bonchev–Trinajstić information content (AvgIpc) is 2.70. The molecule has 0 bridgehead atoms. The van der Waals surface area contributed by atoms with E-state index in [0.29, 0.717) is 17.6 Å². The molecule has 0 aliphatic heterocycles. The number of hydrogen-bond donors (Lipinski definition) is 0. The molecule has 1 nitrogen and oxygen atoms in total. The maximum Gasteiger partial charge on any atom is 0.158 e. The molecule has 0 N–H and O–H groups in total. The standard InChI is InChI=1S/C12H14O/c13-12-7-6-10-9-3-1-2-8(9)4-5-11(10)12/h1,3,5,8-10H,2,4,6-7H2/t8-,9-,10+/m0/s1. The lowest BCUT2D eigenvalue weighted by atomic mass is 9.75. The number of carbonyl (C=O) groups is 1. The SMILES string of the molecule is O=C1CC[C@H]2C1=CC[C@@H]1CC=C[C@@H]12. The van der Waals surface area contributed by atoms with Gasteiger partial charge in [-0.15, -0.1) is 0 Å². The van der Waals surface area contributed by atoms with Crippen LogP contribution < -0.4 is 0 Å². The zero-order chi connectivity index (χ0) is 8.84. The topological polar surface area (TPSA) is 17.1 Å². The van der Waals surface area contributed by atoms with Crippen LogP contribution in [0.1, 0.15) is 25.7 Å². The summed E-state index contributed by atoms with van der Waals surface area (Å²) in [4.78, 5) is 11.5. The predicted molar refractivity (Wildman–Crippen MR) is 51.2 cm³/mol. The Morgan fingerprint density at radius 1 is 1.31 bits per heavy atom. The Morgan fingerprint density at radius 2 is 2.23 bits per heavy atom. The van der Waals surface area contributed by atoms with Crippen molar-refractivity contribution in [3.05, 3.63) is 23.8 Å². The van der Waals surface area contributed by atoms with Crippen LogP contribution in [0.2, 0.25) is 0 Å². The zero-order valence-corrected chi connectivity index (χ0v) is 7.70. The summed E-state index contributed by atoms with van der Waals surface area (Å²) < 4.78 is 0. The van der Waals surface area contributed by atoms with Crippen molar-refractivity contribution in [2.24, 2.45) is 17.8 Å². The van der Waals surface area contributed by atoms with Crippen LogP contribution in [-0.4, -0.2) is 5.78 Å². The van der Waals surface area contributed by atoms with E-state index in [0.717, 1.165) is 30.8 Å². The highest BCUT2D eigenvalue weighted by molar-refractivity contribution is 5.98. The van der Waals surface area contributed by atoms with Gasteiger partial charge in [0.15, 0.2) is 5.78 Å². The van der Waals surface area contributed by atoms with Gasteiger partial charge in [-0.2, -0.15) is 0 Å². The largest absolute Gasteiger partial charge is 0.295 e. The molecular weight excluding hydrogens is 160 g/mol. The lowest BCUT2D eigenvalue weighted by Crippen LogP contribution is -2.22. The summed E-state index contributed by atoms with van der Waals surface area (Å²) >= 11 is 0. The molecule has 3 aliphatic carbocycles. The van der Waals surface area contributed by atoms with Crippen molar-refractivity contribution in [3.8, 4) is 0 Å². The molecule has 0 spiro atoms. The van der Waals surface area contributed by atoms with Gasteiger partial charge in [0, 0.05) is 6.42 Å². The van der Waals surface area contributed by atoms with Crippen LogP contribution in [0, 0.1) is 17.8 Å². The molecule has 0 radical (unpaired) electrons. The molecule has 0 unspecified atom stereocenters. The third kappa shape index (κ3) is 0.962. The molecule has 1 heteroatoms. The molecule has 3 rings (SSSR count). The molecule has 0 aromatic heterocycles. The Morgan fingerprint density at radius 3 is 3.15 bits per heavy atom. The van der Waals surface area contributed by atoms with Crippen LogP contribution in [0.5, 0.6) is 0 Å². The molecule has 3 atom stereocenters. The summed E-state index contributed by atoms with van der Waals surface area (Å²) in [5, 5.41) is 0. The minimum absolute atomic E-state index is 0.420. The minimum Gasteiger partial charge on any atom is -0.295 e. The Hall–Kier alpha value is -0.850. The van der Waals surface area contributed by atoms with Crippen molar-refractivity contribution in [3.63, 3.8) is 0 Å². The minimum atomic E-state index is 0.420. The van der Waals surface area contributed by atoms with Crippen molar-refractivity contribution in [2.45, 2.75) is 25.7 Å². The van der Waals surface area contributed by atoms with Crippen molar-refractivity contribution < 1.29 is 4.79 Å². The monoisotopic (exact) mass is 174 g/mol. The quantitative estimate of drug-likeness (QED) is 0.516. The number of carbonyl (C=O) groups excluding carboxylic acids is 1. The highest BCUT2D eigenvalue weighted by atomic mass is 16.1. The molecule has 68 valence electrons. The van der Waals surface area contributed by atoms with E-state index in [1.807, 2.05) is 0 Å². The van der Waals surface area contributed by atoms with Crippen LogP contribution >= 0.6 is 0 Å². The maximum atomic E-state index is 11.5. The number of Topliss-reactive ketones (excluding diaryl/α,β-unsaturated/α-hetero) is 1. The second-order valence-corrected chi connectivity index (χ2v) is 4.46. The van der Waals surface area contributed by atoms with Gasteiger partial charge in [0.2, 0.25) is 0 Å². The molecule has 1 saturated carbocycles. The molecule has 0 aromatic carbocycles. The lowest BCUT2D eigenvalue weighted by Gasteiger charge is -2.29. The number of fused-ring (bicyclic) bond motifs is 3. The van der Waals surface area contributed by atoms with Gasteiger partial charge in [-0.1, -0.05) is 18.2 Å². The molecular formula is C12H14O. The van der Waals surface area contributed by atoms with E-state index in [9.17, 15) is 4.79 Å². The van der Waals surface area contributed by atoms with Crippen molar-refractivity contribution >= 4 is 5.78 Å². The number of hydrogen-bond acceptors (Lipinski definition) is 1. The maximum absolute atomic E-state index is 11.5. The van der Waals surface area contributed by atoms with Crippen LogP contribution in [0.15, 0.2) is 23.8 Å². The zero-order valence-electron chi connectivity index (χ0n) is 7.70. The Kier molecular flexibility index (Phi) is 1.49. The van der Waals surface area contributed by atoms with Crippen LogP contribution in [0.25, 0.3) is 0 Å². The molecule has 0 amide bonds. The van der Waals surface area contributed by atoms with E-state index in [2.05, 4.69) is 18.2 Å². The van der Waals surface area contributed by atoms with E-state index in [1.165, 1.54) is 6.42 Å². The van der Waals surface area contributed by atoms with E-state index in [-0.39, 0.29) is 0 Å². The first-order valence-electron chi connectivity index (χ1n) is 5.26. The van der Waals surface area contributed by atoms with E-state index >= 15 is 0 Å². The van der Waals surface area contributed by atoms with E-state index < -0.39 is 0 Å². The Labute approximate surface area is 78.5 Å². The number of allylic oxidation sites excluding steroid dienone is 4. The van der Waals surface area contributed by atoms with Crippen LogP contribution in [0.3, 0.4) is 0 Å². The summed E-state index contributed by atoms with van der Waals surface area (Å²) in [6.45, 7) is 0. The first-order valence-corrected chi connectivity index (χ1v) is 5.26. The van der Waals surface area contributed by atoms with Gasteiger partial charge in [-0.3, -0.25) is 4.79 Å². The summed E-state index contributed by atoms with van der Waals surface area (Å²) in [6, 6.07) is 0. The molecule has 0 heterocycles. The lowest BCUT2D eigenvalue weighted by molar-refractivity contribution is -0.114. The first kappa shape index (κ1) is 7.54. The highest BCUT2D eigenvalue weighted by Crippen LogP contribution is 2.46. The fraction of sp³-hybridized carbons (Fsp3) is 0.583. The van der Waals surface area contributed by atoms with Gasteiger partial charge in [0.05, 0.1) is 0 Å². The molecule has 13 heavy (non-hydrogen) atoms. The van der Waals surface area contributed by atoms with Crippen molar-refractivity contribution in [1.29, 1.82) is 0 Å². The van der Waals surface area contributed by atoms with E-state index in [1.54, 1.807) is 0 Å². The Bertz CT molecular complexity index is 311. The van der Waals surface area contributed by atoms with Gasteiger partial charge in [0.25, 0.3) is 0 Å². The predicted octanol–water partition coefficient (Wildman–Crippen LogP) is 2.49. The van der Waals surface area contributed by atoms with Gasteiger partial charge in [-0.05, 0) is 42.6 Å². The molecule has 1 fully saturated rings. The Balaban J connectivity index is 1.98. The number of ketones is 1. The summed E-state index contributed by atoms with van der Waals surface area (Å²) in [7, 11) is 0. The second-order valence-electron chi connectivity index (χ2n) is 4.46. The van der Waals surface area contributed by atoms with Gasteiger partial charge < -0.3 is 0 Å². The van der Waals surface area contributed by atoms with Crippen molar-refractivity contribution in [2.75, 3.05) is 0 Å². The molecule has 3 aliphatic rings. The highest BCUT2D eigenvalue weighted by Gasteiger charge is 2.40. The van der Waals surface area contributed by atoms with E-state index in [4.69, 9.17) is 0 Å². The fourth-order valence-corrected chi connectivity index (χ4v) is 3.18. The first-order chi connectivity index (χ1) is 6.36. The third-order valence-electron chi connectivity index (χ3n) is 3.85.